The molecule has 146 valence electrons. The molecule has 0 unspecified atom stereocenters. The Labute approximate surface area is 162 Å². The first-order valence-electron chi connectivity index (χ1n) is 10.5. The predicted molar refractivity (Wildman–Crippen MR) is 110 cm³/mol. The van der Waals surface area contributed by atoms with Gasteiger partial charge in [-0.05, 0) is 51.4 Å². The molecule has 2 saturated heterocycles. The summed E-state index contributed by atoms with van der Waals surface area (Å²) in [7, 11) is 0. The zero-order valence-electron chi connectivity index (χ0n) is 16.7. The summed E-state index contributed by atoms with van der Waals surface area (Å²) < 4.78 is 0. The van der Waals surface area contributed by atoms with E-state index in [1.54, 1.807) is 0 Å². The van der Waals surface area contributed by atoms with Crippen molar-refractivity contribution < 1.29 is 4.79 Å². The Morgan fingerprint density at radius 3 is 2.48 bits per heavy atom. The van der Waals surface area contributed by atoms with Crippen LogP contribution in [0.2, 0.25) is 0 Å². The number of fused-ring (bicyclic) bond motifs is 1. The predicted octanol–water partition coefficient (Wildman–Crippen LogP) is 3.32. The number of hydrogen-bond donors (Lipinski definition) is 1. The van der Waals surface area contributed by atoms with Crippen LogP contribution in [0.3, 0.4) is 0 Å². The molecule has 4 rings (SSSR count). The molecule has 1 N–H and O–H groups in total. The molecule has 0 atom stereocenters. The number of hydrogen-bond acceptors (Lipinski definition) is 3. The lowest BCUT2D eigenvalue weighted by molar-refractivity contribution is 0.0597. The summed E-state index contributed by atoms with van der Waals surface area (Å²) in [5.74, 6) is 0.162. The number of carbonyl (C=O) groups is 1. The molecule has 1 aromatic heterocycles. The van der Waals surface area contributed by atoms with E-state index in [9.17, 15) is 4.79 Å². The van der Waals surface area contributed by atoms with Crippen LogP contribution < -0.4 is 0 Å². The average molecular weight is 369 g/mol. The molecule has 1 aromatic carbocycles. The topological polar surface area (TPSA) is 42.6 Å². The molecule has 1 amide bonds. The number of H-pyrrole nitrogens is 1. The molecule has 0 aliphatic carbocycles. The number of carbonyl (C=O) groups excluding carboxylic acids is 1. The number of rotatable bonds is 4. The summed E-state index contributed by atoms with van der Waals surface area (Å²) in [5.41, 5.74) is 3.13. The number of piperidine rings is 1. The Morgan fingerprint density at radius 1 is 1.04 bits per heavy atom. The number of aromatic nitrogens is 1. The minimum Gasteiger partial charge on any atom is -0.360 e. The summed E-state index contributed by atoms with van der Waals surface area (Å²) in [4.78, 5) is 23.6. The molecule has 2 aromatic rings. The molecule has 0 saturated carbocycles. The number of nitrogens with one attached hydrogen (secondary N) is 1. The van der Waals surface area contributed by atoms with Gasteiger partial charge in [0.25, 0.3) is 5.91 Å². The standard InChI is InChI=1S/C22H32N4O/c1-17(2)25-11-13-26(14-12-25)22(27)20-8-6-7-19-18(15-23-21(19)20)16-24-9-4-3-5-10-24/h6-8,15,17,23H,3-5,9-14,16H2,1-2H3. The van der Waals surface area contributed by atoms with E-state index in [2.05, 4.69) is 40.9 Å². The van der Waals surface area contributed by atoms with Crippen molar-refractivity contribution in [2.24, 2.45) is 0 Å². The van der Waals surface area contributed by atoms with E-state index in [-0.39, 0.29) is 5.91 Å². The van der Waals surface area contributed by atoms with Gasteiger partial charge in [-0.1, -0.05) is 18.6 Å². The Balaban J connectivity index is 1.51. The number of benzene rings is 1. The Bertz CT molecular complexity index is 783. The van der Waals surface area contributed by atoms with Gasteiger partial charge < -0.3 is 9.88 Å². The molecule has 0 radical (unpaired) electrons. The van der Waals surface area contributed by atoms with Gasteiger partial charge in [-0.15, -0.1) is 0 Å². The maximum Gasteiger partial charge on any atom is 0.256 e. The summed E-state index contributed by atoms with van der Waals surface area (Å²) in [5, 5.41) is 1.20. The van der Waals surface area contributed by atoms with Crippen LogP contribution >= 0.6 is 0 Å². The summed E-state index contributed by atoms with van der Waals surface area (Å²) in [6.07, 6.45) is 6.06. The molecule has 5 nitrogen and oxygen atoms in total. The summed E-state index contributed by atoms with van der Waals surface area (Å²) in [6.45, 7) is 11.3. The maximum atomic E-state index is 13.2. The van der Waals surface area contributed by atoms with E-state index in [0.717, 1.165) is 43.8 Å². The number of likely N-dealkylation sites (tertiary alicyclic amines) is 1. The van der Waals surface area contributed by atoms with Crippen LogP contribution in [0.5, 0.6) is 0 Å². The van der Waals surface area contributed by atoms with Gasteiger partial charge in [-0.2, -0.15) is 0 Å². The van der Waals surface area contributed by atoms with Gasteiger partial charge in [-0.25, -0.2) is 0 Å². The molecular formula is C22H32N4O. The molecule has 5 heteroatoms. The first-order valence-corrected chi connectivity index (χ1v) is 10.5. The molecule has 0 spiro atoms. The van der Waals surface area contributed by atoms with Crippen LogP contribution in [0.4, 0.5) is 0 Å². The Kier molecular flexibility index (Phi) is 5.50. The zero-order chi connectivity index (χ0) is 18.8. The number of para-hydroxylation sites is 1. The lowest BCUT2D eigenvalue weighted by Gasteiger charge is -2.37. The molecule has 27 heavy (non-hydrogen) atoms. The first kappa shape index (κ1) is 18.5. The van der Waals surface area contributed by atoms with Crippen molar-refractivity contribution >= 4 is 16.8 Å². The van der Waals surface area contributed by atoms with Gasteiger partial charge in [0.15, 0.2) is 0 Å². The third-order valence-electron chi connectivity index (χ3n) is 6.21. The molecule has 2 aliphatic rings. The zero-order valence-corrected chi connectivity index (χ0v) is 16.7. The molecule has 2 fully saturated rings. The third kappa shape index (κ3) is 3.90. The largest absolute Gasteiger partial charge is 0.360 e. The highest BCUT2D eigenvalue weighted by atomic mass is 16.2. The Morgan fingerprint density at radius 2 is 1.78 bits per heavy atom. The van der Waals surface area contributed by atoms with Crippen molar-refractivity contribution in [3.8, 4) is 0 Å². The van der Waals surface area contributed by atoms with Crippen molar-refractivity contribution in [2.75, 3.05) is 39.3 Å². The first-order chi connectivity index (χ1) is 13.1. The van der Waals surface area contributed by atoms with Gasteiger partial charge in [0, 0.05) is 50.3 Å². The van der Waals surface area contributed by atoms with E-state index in [4.69, 9.17) is 0 Å². The number of amides is 1. The van der Waals surface area contributed by atoms with E-state index >= 15 is 0 Å². The minimum absolute atomic E-state index is 0.162. The van der Waals surface area contributed by atoms with Crippen LogP contribution in [0, 0.1) is 0 Å². The van der Waals surface area contributed by atoms with Crippen LogP contribution in [0.1, 0.15) is 49.0 Å². The monoisotopic (exact) mass is 368 g/mol. The fourth-order valence-corrected chi connectivity index (χ4v) is 4.49. The Hall–Kier alpha value is -1.85. The second-order valence-electron chi connectivity index (χ2n) is 8.30. The smallest absolute Gasteiger partial charge is 0.256 e. The van der Waals surface area contributed by atoms with Crippen molar-refractivity contribution in [3.63, 3.8) is 0 Å². The van der Waals surface area contributed by atoms with E-state index in [0.29, 0.717) is 6.04 Å². The normalized spacial score (nSPS) is 19.9. The van der Waals surface area contributed by atoms with Crippen LogP contribution in [0.15, 0.2) is 24.4 Å². The highest BCUT2D eigenvalue weighted by Gasteiger charge is 2.25. The number of nitrogens with zero attached hydrogens (tertiary/aromatic N) is 3. The second kappa shape index (κ2) is 8.03. The lowest BCUT2D eigenvalue weighted by atomic mass is 10.1. The van der Waals surface area contributed by atoms with E-state index in [1.165, 1.54) is 43.3 Å². The fourth-order valence-electron chi connectivity index (χ4n) is 4.49. The highest BCUT2D eigenvalue weighted by Crippen LogP contribution is 2.25. The van der Waals surface area contributed by atoms with Crippen LogP contribution in [0.25, 0.3) is 10.9 Å². The highest BCUT2D eigenvalue weighted by molar-refractivity contribution is 6.06. The molecule has 2 aliphatic heterocycles. The molecular weight excluding hydrogens is 336 g/mol. The minimum atomic E-state index is 0.162. The quantitative estimate of drug-likeness (QED) is 0.900. The lowest BCUT2D eigenvalue weighted by Crippen LogP contribution is -2.50. The fraction of sp³-hybridized carbons (Fsp3) is 0.591. The summed E-state index contributed by atoms with van der Waals surface area (Å²) >= 11 is 0. The third-order valence-corrected chi connectivity index (χ3v) is 6.21. The van der Waals surface area contributed by atoms with E-state index < -0.39 is 0 Å². The van der Waals surface area contributed by atoms with Gasteiger partial charge in [0.05, 0.1) is 11.1 Å². The number of piperazine rings is 1. The van der Waals surface area contributed by atoms with Crippen molar-refractivity contribution in [3.05, 3.63) is 35.5 Å². The van der Waals surface area contributed by atoms with Crippen molar-refractivity contribution in [2.45, 2.75) is 45.7 Å². The average Bonchev–Trinajstić information content (AvgIpc) is 3.11. The van der Waals surface area contributed by atoms with Crippen LogP contribution in [-0.2, 0) is 6.54 Å². The van der Waals surface area contributed by atoms with Gasteiger partial charge in [0.1, 0.15) is 0 Å². The van der Waals surface area contributed by atoms with Crippen LogP contribution in [-0.4, -0.2) is 70.9 Å². The van der Waals surface area contributed by atoms with Crippen molar-refractivity contribution in [1.82, 2.24) is 19.7 Å². The van der Waals surface area contributed by atoms with Gasteiger partial charge in [-0.3, -0.25) is 14.6 Å². The summed E-state index contributed by atoms with van der Waals surface area (Å²) in [6, 6.07) is 6.71. The van der Waals surface area contributed by atoms with Crippen molar-refractivity contribution in [1.29, 1.82) is 0 Å². The van der Waals surface area contributed by atoms with E-state index in [1.807, 2.05) is 17.0 Å². The maximum absolute atomic E-state index is 13.2. The second-order valence-corrected chi connectivity index (χ2v) is 8.30. The SMILES string of the molecule is CC(C)N1CCN(C(=O)c2cccc3c(CN4CCCCC4)c[nH]c23)CC1. The van der Waals surface area contributed by atoms with Gasteiger partial charge >= 0.3 is 0 Å². The molecule has 0 bridgehead atoms. The molecule has 3 heterocycles. The number of aromatic amines is 1. The van der Waals surface area contributed by atoms with Gasteiger partial charge in [0.2, 0.25) is 0 Å².